The Morgan fingerprint density at radius 2 is 1.85 bits per heavy atom. The lowest BCUT2D eigenvalue weighted by molar-refractivity contribution is 0.0735. The minimum absolute atomic E-state index is 0.144. The molecule has 0 saturated heterocycles. The van der Waals surface area contributed by atoms with Gasteiger partial charge in [-0.2, -0.15) is 0 Å². The van der Waals surface area contributed by atoms with Crippen LogP contribution in [0.2, 0.25) is 0 Å². The molecule has 3 nitrogen and oxygen atoms in total. The van der Waals surface area contributed by atoms with E-state index in [1.54, 1.807) is 0 Å². The van der Waals surface area contributed by atoms with Crippen molar-refractivity contribution in [3.05, 3.63) is 59.8 Å². The summed E-state index contributed by atoms with van der Waals surface area (Å²) in [4.78, 5) is 14.8. The summed E-state index contributed by atoms with van der Waals surface area (Å²) in [6, 6.07) is 15.2. The van der Waals surface area contributed by atoms with Gasteiger partial charge in [-0.3, -0.25) is 4.79 Å². The predicted octanol–water partition coefficient (Wildman–Crippen LogP) is 5.17. The molecule has 0 atom stereocenters. The molecule has 0 N–H and O–H groups in total. The van der Waals surface area contributed by atoms with Crippen LogP contribution in [0.4, 0.5) is 0 Å². The molecule has 1 aromatic heterocycles. The average Bonchev–Trinajstić information content (AvgIpc) is 3.30. The minimum atomic E-state index is 0.144. The van der Waals surface area contributed by atoms with E-state index >= 15 is 0 Å². The maximum atomic E-state index is 12.8. The van der Waals surface area contributed by atoms with Crippen LogP contribution in [0.1, 0.15) is 41.6 Å². The number of nitrogens with zero attached hydrogens (tertiary/aromatic N) is 2. The molecule has 3 aromatic rings. The van der Waals surface area contributed by atoms with Gasteiger partial charge in [0, 0.05) is 42.8 Å². The van der Waals surface area contributed by atoms with Crippen molar-refractivity contribution < 1.29 is 4.79 Å². The molecule has 134 valence electrons. The maximum Gasteiger partial charge on any atom is 0.253 e. The molecule has 1 heterocycles. The summed E-state index contributed by atoms with van der Waals surface area (Å²) in [5.41, 5.74) is 5.56. The summed E-state index contributed by atoms with van der Waals surface area (Å²) in [5.74, 6) is 0.144. The van der Waals surface area contributed by atoms with Gasteiger partial charge in [-0.15, -0.1) is 0 Å². The van der Waals surface area contributed by atoms with Gasteiger partial charge in [-0.25, -0.2) is 0 Å². The molecule has 0 bridgehead atoms. The molecule has 26 heavy (non-hydrogen) atoms. The second-order valence-electron chi connectivity index (χ2n) is 7.58. The van der Waals surface area contributed by atoms with Gasteiger partial charge in [0.15, 0.2) is 0 Å². The van der Waals surface area contributed by atoms with E-state index in [0.29, 0.717) is 6.04 Å². The SMILES string of the molecule is Cc1cc(C(=O)N(C)C2CCCC2)ccc1-c1ccc2c(ccn2C)c1. The Balaban J connectivity index is 1.63. The number of aryl methyl sites for hydroxylation is 2. The number of hydrogen-bond acceptors (Lipinski definition) is 1. The van der Waals surface area contributed by atoms with Crippen molar-refractivity contribution in [1.29, 1.82) is 0 Å². The van der Waals surface area contributed by atoms with Gasteiger partial charge in [0.05, 0.1) is 0 Å². The van der Waals surface area contributed by atoms with Gasteiger partial charge >= 0.3 is 0 Å². The van der Waals surface area contributed by atoms with Crippen molar-refractivity contribution in [3.8, 4) is 11.1 Å². The molecule has 2 aromatic carbocycles. The fourth-order valence-electron chi connectivity index (χ4n) is 4.23. The van der Waals surface area contributed by atoms with Crippen LogP contribution in [0.15, 0.2) is 48.7 Å². The Morgan fingerprint density at radius 1 is 1.08 bits per heavy atom. The molecule has 1 amide bonds. The summed E-state index contributed by atoms with van der Waals surface area (Å²) in [5, 5.41) is 1.24. The topological polar surface area (TPSA) is 25.2 Å². The second-order valence-corrected chi connectivity index (χ2v) is 7.58. The number of carbonyl (C=O) groups excluding carboxylic acids is 1. The quantitative estimate of drug-likeness (QED) is 0.642. The van der Waals surface area contributed by atoms with E-state index in [9.17, 15) is 4.79 Å². The highest BCUT2D eigenvalue weighted by atomic mass is 16.2. The van der Waals surface area contributed by atoms with Gasteiger partial charge in [0.2, 0.25) is 0 Å². The Kier molecular flexibility index (Phi) is 4.31. The third kappa shape index (κ3) is 2.92. The van der Waals surface area contributed by atoms with Crippen molar-refractivity contribution in [2.75, 3.05) is 7.05 Å². The van der Waals surface area contributed by atoms with E-state index in [4.69, 9.17) is 0 Å². The van der Waals surface area contributed by atoms with Crippen LogP contribution in [0.5, 0.6) is 0 Å². The zero-order valence-electron chi connectivity index (χ0n) is 15.8. The van der Waals surface area contributed by atoms with E-state index in [0.717, 1.165) is 24.0 Å². The van der Waals surface area contributed by atoms with E-state index in [1.807, 2.05) is 24.1 Å². The Morgan fingerprint density at radius 3 is 2.58 bits per heavy atom. The predicted molar refractivity (Wildman–Crippen MR) is 107 cm³/mol. The summed E-state index contributed by atoms with van der Waals surface area (Å²) in [6.45, 7) is 2.09. The molecule has 0 radical (unpaired) electrons. The highest BCUT2D eigenvalue weighted by Gasteiger charge is 2.24. The molecule has 1 saturated carbocycles. The van der Waals surface area contributed by atoms with Gasteiger partial charge in [0.1, 0.15) is 0 Å². The number of amides is 1. The smallest absolute Gasteiger partial charge is 0.253 e. The lowest BCUT2D eigenvalue weighted by atomic mass is 9.97. The van der Waals surface area contributed by atoms with Crippen LogP contribution in [-0.2, 0) is 7.05 Å². The Hall–Kier alpha value is -2.55. The van der Waals surface area contributed by atoms with Crippen molar-refractivity contribution in [1.82, 2.24) is 9.47 Å². The highest BCUT2D eigenvalue weighted by Crippen LogP contribution is 2.29. The van der Waals surface area contributed by atoms with E-state index in [1.165, 1.54) is 34.9 Å². The fourth-order valence-corrected chi connectivity index (χ4v) is 4.23. The van der Waals surface area contributed by atoms with Crippen LogP contribution in [-0.4, -0.2) is 28.5 Å². The van der Waals surface area contributed by atoms with E-state index in [-0.39, 0.29) is 5.91 Å². The van der Waals surface area contributed by atoms with Gasteiger partial charge < -0.3 is 9.47 Å². The normalized spacial score (nSPS) is 14.9. The van der Waals surface area contributed by atoms with Crippen molar-refractivity contribution in [2.45, 2.75) is 38.6 Å². The molecular formula is C23H26N2O. The molecule has 4 rings (SSSR count). The molecule has 3 heteroatoms. The molecule has 1 aliphatic rings. The summed E-state index contributed by atoms with van der Waals surface area (Å²) < 4.78 is 2.13. The standard InChI is InChI=1S/C23H26N2O/c1-16-14-19(23(26)25(3)20-6-4-5-7-20)8-10-21(16)17-9-11-22-18(15-17)12-13-24(22)2/h8-15,20H,4-7H2,1-3H3. The van der Waals surface area contributed by atoms with E-state index in [2.05, 4.69) is 55.1 Å². The monoisotopic (exact) mass is 346 g/mol. The lowest BCUT2D eigenvalue weighted by Gasteiger charge is -2.24. The van der Waals surface area contributed by atoms with Crippen LogP contribution < -0.4 is 0 Å². The fraction of sp³-hybridized carbons (Fsp3) is 0.348. The highest BCUT2D eigenvalue weighted by molar-refractivity contribution is 5.95. The number of aromatic nitrogens is 1. The zero-order chi connectivity index (χ0) is 18.3. The van der Waals surface area contributed by atoms with Crippen LogP contribution in [0.3, 0.4) is 0 Å². The first-order valence-corrected chi connectivity index (χ1v) is 9.48. The van der Waals surface area contributed by atoms with Gasteiger partial charge in [0.25, 0.3) is 5.91 Å². The summed E-state index contributed by atoms with van der Waals surface area (Å²) >= 11 is 0. The molecule has 1 aliphatic carbocycles. The minimum Gasteiger partial charge on any atom is -0.351 e. The molecule has 0 aliphatic heterocycles. The zero-order valence-corrected chi connectivity index (χ0v) is 15.8. The number of carbonyl (C=O) groups is 1. The van der Waals surface area contributed by atoms with Crippen molar-refractivity contribution in [3.63, 3.8) is 0 Å². The van der Waals surface area contributed by atoms with Crippen molar-refractivity contribution >= 4 is 16.8 Å². The Bertz CT molecular complexity index is 963. The first-order chi connectivity index (χ1) is 12.5. The number of fused-ring (bicyclic) bond motifs is 1. The lowest BCUT2D eigenvalue weighted by Crippen LogP contribution is -2.35. The number of benzene rings is 2. The number of rotatable bonds is 3. The first kappa shape index (κ1) is 16.9. The molecule has 1 fully saturated rings. The Labute approximate surface area is 155 Å². The van der Waals surface area contributed by atoms with Gasteiger partial charge in [-0.1, -0.05) is 25.0 Å². The molecular weight excluding hydrogens is 320 g/mol. The number of hydrogen-bond donors (Lipinski definition) is 0. The third-order valence-corrected chi connectivity index (χ3v) is 5.86. The largest absolute Gasteiger partial charge is 0.351 e. The van der Waals surface area contributed by atoms with Crippen LogP contribution >= 0.6 is 0 Å². The average molecular weight is 346 g/mol. The maximum absolute atomic E-state index is 12.8. The third-order valence-electron chi connectivity index (χ3n) is 5.86. The van der Waals surface area contributed by atoms with Crippen LogP contribution in [0, 0.1) is 6.92 Å². The first-order valence-electron chi connectivity index (χ1n) is 9.48. The second kappa shape index (κ2) is 6.64. The summed E-state index contributed by atoms with van der Waals surface area (Å²) in [6.07, 6.45) is 6.83. The van der Waals surface area contributed by atoms with Crippen LogP contribution in [0.25, 0.3) is 22.0 Å². The van der Waals surface area contributed by atoms with Gasteiger partial charge in [-0.05, 0) is 66.8 Å². The molecule has 0 unspecified atom stereocenters. The van der Waals surface area contributed by atoms with Crippen molar-refractivity contribution in [2.24, 2.45) is 7.05 Å². The molecule has 0 spiro atoms. The summed E-state index contributed by atoms with van der Waals surface area (Å²) in [7, 11) is 4.01. The van der Waals surface area contributed by atoms with E-state index < -0.39 is 0 Å².